The van der Waals surface area contributed by atoms with E-state index in [0.29, 0.717) is 17.3 Å². The van der Waals surface area contributed by atoms with Gasteiger partial charge in [-0.05, 0) is 12.1 Å². The van der Waals surface area contributed by atoms with Gasteiger partial charge in [0, 0.05) is 16.7 Å². The van der Waals surface area contributed by atoms with Gasteiger partial charge in [-0.15, -0.1) is 11.8 Å². The topological polar surface area (TPSA) is 29.5 Å². The molecule has 1 N–H and O–H groups in total. The lowest BCUT2D eigenvalue weighted by molar-refractivity contribution is 0.103. The Hall–Kier alpha value is -0.650. The summed E-state index contributed by atoms with van der Waals surface area (Å²) in [7, 11) is 0. The Kier molecular flexibility index (Phi) is 5.60. The van der Waals surface area contributed by atoms with E-state index in [2.05, 4.69) is 0 Å². The summed E-state index contributed by atoms with van der Waals surface area (Å²) in [5, 5.41) is 8.42. The Morgan fingerprint density at radius 1 is 1.27 bits per heavy atom. The number of halogens is 2. The molecule has 0 aromatic heterocycles. The summed E-state index contributed by atoms with van der Waals surface area (Å²) in [6.07, 6.45) is 0. The van der Waals surface area contributed by atoms with Gasteiger partial charge in [0.25, 0.3) is 0 Å². The molecule has 2 nitrogen and oxygen atoms in total. The van der Waals surface area contributed by atoms with E-state index in [0.717, 1.165) is 6.07 Å². The highest BCUT2D eigenvalue weighted by molar-refractivity contribution is 7.99. The van der Waals surface area contributed by atoms with Crippen molar-refractivity contribution in [1.29, 1.82) is 0 Å². The molecule has 0 unspecified atom stereocenters. The summed E-state index contributed by atoms with van der Waals surface area (Å²) < 4.78 is 30.6. The van der Waals surface area contributed by atoms with Crippen molar-refractivity contribution >= 4 is 11.8 Å². The molecule has 0 fully saturated rings. The Balaban J connectivity index is 2.31. The van der Waals surface area contributed by atoms with Crippen LogP contribution in [0.2, 0.25) is 0 Å². The molecule has 1 rings (SSSR count). The first-order valence-corrected chi connectivity index (χ1v) is 5.49. The summed E-state index contributed by atoms with van der Waals surface area (Å²) in [5.41, 5.74) is 0. The average Bonchev–Trinajstić information content (AvgIpc) is 2.20. The molecule has 0 aliphatic heterocycles. The van der Waals surface area contributed by atoms with Gasteiger partial charge in [0.1, 0.15) is 11.6 Å². The third-order valence-corrected chi connectivity index (χ3v) is 2.63. The third kappa shape index (κ3) is 4.59. The van der Waals surface area contributed by atoms with Crippen molar-refractivity contribution in [3.8, 4) is 0 Å². The highest BCUT2D eigenvalue weighted by atomic mass is 32.2. The summed E-state index contributed by atoms with van der Waals surface area (Å²) >= 11 is 1.26. The number of benzene rings is 1. The van der Waals surface area contributed by atoms with Gasteiger partial charge in [0.05, 0.1) is 19.8 Å². The van der Waals surface area contributed by atoms with Crippen LogP contribution in [0.5, 0.6) is 0 Å². The molecule has 5 heteroatoms. The Morgan fingerprint density at radius 3 is 2.73 bits per heavy atom. The van der Waals surface area contributed by atoms with E-state index < -0.39 is 11.6 Å². The summed E-state index contributed by atoms with van der Waals surface area (Å²) in [6, 6.07) is 3.48. The largest absolute Gasteiger partial charge is 0.394 e. The number of rotatable bonds is 6. The van der Waals surface area contributed by atoms with Gasteiger partial charge in [0.2, 0.25) is 0 Å². The fourth-order valence-electron chi connectivity index (χ4n) is 0.969. The van der Waals surface area contributed by atoms with E-state index in [4.69, 9.17) is 9.84 Å². The summed E-state index contributed by atoms with van der Waals surface area (Å²) in [4.78, 5) is 0.406. The molecular weight excluding hydrogens is 222 g/mol. The van der Waals surface area contributed by atoms with E-state index >= 15 is 0 Å². The zero-order valence-electron chi connectivity index (χ0n) is 8.08. The minimum Gasteiger partial charge on any atom is -0.394 e. The van der Waals surface area contributed by atoms with Gasteiger partial charge in [-0.1, -0.05) is 0 Å². The fraction of sp³-hybridized carbons (Fsp3) is 0.400. The van der Waals surface area contributed by atoms with Gasteiger partial charge in [0.15, 0.2) is 0 Å². The number of hydrogen-bond donors (Lipinski definition) is 1. The molecule has 0 amide bonds. The van der Waals surface area contributed by atoms with Crippen LogP contribution in [0, 0.1) is 11.6 Å². The van der Waals surface area contributed by atoms with Crippen molar-refractivity contribution < 1.29 is 18.6 Å². The average molecular weight is 234 g/mol. The van der Waals surface area contributed by atoms with E-state index in [1.807, 2.05) is 0 Å². The van der Waals surface area contributed by atoms with Crippen LogP contribution in [-0.2, 0) is 4.74 Å². The van der Waals surface area contributed by atoms with E-state index in [1.165, 1.54) is 23.9 Å². The quantitative estimate of drug-likeness (QED) is 0.603. The van der Waals surface area contributed by atoms with Crippen LogP contribution in [0.4, 0.5) is 8.78 Å². The van der Waals surface area contributed by atoms with Crippen LogP contribution in [0.15, 0.2) is 23.1 Å². The predicted molar refractivity (Wildman–Crippen MR) is 55.0 cm³/mol. The minimum absolute atomic E-state index is 0.0183. The molecular formula is C10H12F2O2S. The zero-order chi connectivity index (χ0) is 11.1. The highest BCUT2D eigenvalue weighted by Crippen LogP contribution is 2.21. The molecule has 15 heavy (non-hydrogen) atoms. The maximum atomic E-state index is 13.1. The summed E-state index contributed by atoms with van der Waals surface area (Å²) in [6.45, 7) is 0.698. The van der Waals surface area contributed by atoms with Crippen LogP contribution in [-0.4, -0.2) is 30.7 Å². The number of thioether (sulfide) groups is 1. The lowest BCUT2D eigenvalue weighted by Crippen LogP contribution is -2.02. The standard InChI is InChI=1S/C10H12F2O2S/c11-8-1-2-10(9(12)7-8)15-6-5-14-4-3-13/h1-2,7,13H,3-6H2. The molecule has 0 radical (unpaired) electrons. The summed E-state index contributed by atoms with van der Waals surface area (Å²) in [5.74, 6) is -0.557. The smallest absolute Gasteiger partial charge is 0.139 e. The SMILES string of the molecule is OCCOCCSc1ccc(F)cc1F. The molecule has 0 saturated heterocycles. The molecule has 0 aliphatic rings. The normalized spacial score (nSPS) is 10.6. The number of ether oxygens (including phenoxy) is 1. The second-order valence-electron chi connectivity index (χ2n) is 2.76. The first-order valence-electron chi connectivity index (χ1n) is 4.50. The lowest BCUT2D eigenvalue weighted by atomic mass is 10.3. The first-order chi connectivity index (χ1) is 7.24. The maximum Gasteiger partial charge on any atom is 0.139 e. The van der Waals surface area contributed by atoms with E-state index in [-0.39, 0.29) is 13.2 Å². The van der Waals surface area contributed by atoms with Crippen molar-refractivity contribution in [3.63, 3.8) is 0 Å². The maximum absolute atomic E-state index is 13.1. The lowest BCUT2D eigenvalue weighted by Gasteiger charge is -2.03. The number of aliphatic hydroxyl groups excluding tert-OH is 1. The Labute approximate surface area is 91.3 Å². The minimum atomic E-state index is -0.576. The third-order valence-electron chi connectivity index (χ3n) is 1.61. The van der Waals surface area contributed by atoms with E-state index in [1.54, 1.807) is 0 Å². The first kappa shape index (κ1) is 12.4. The van der Waals surface area contributed by atoms with Gasteiger partial charge >= 0.3 is 0 Å². The second kappa shape index (κ2) is 6.76. The van der Waals surface area contributed by atoms with Crippen LogP contribution < -0.4 is 0 Å². The van der Waals surface area contributed by atoms with Crippen LogP contribution >= 0.6 is 11.8 Å². The van der Waals surface area contributed by atoms with Crippen molar-refractivity contribution in [3.05, 3.63) is 29.8 Å². The Morgan fingerprint density at radius 2 is 2.07 bits per heavy atom. The van der Waals surface area contributed by atoms with Gasteiger partial charge < -0.3 is 9.84 Å². The molecule has 0 heterocycles. The van der Waals surface area contributed by atoms with Crippen LogP contribution in [0.1, 0.15) is 0 Å². The number of aliphatic hydroxyl groups is 1. The van der Waals surface area contributed by atoms with Crippen LogP contribution in [0.3, 0.4) is 0 Å². The molecule has 1 aromatic carbocycles. The predicted octanol–water partition coefficient (Wildman–Crippen LogP) is 2.07. The van der Waals surface area contributed by atoms with Crippen molar-refractivity contribution in [2.45, 2.75) is 4.90 Å². The Bertz CT molecular complexity index is 307. The van der Waals surface area contributed by atoms with Crippen LogP contribution in [0.25, 0.3) is 0 Å². The van der Waals surface area contributed by atoms with Crippen molar-refractivity contribution in [2.75, 3.05) is 25.6 Å². The number of hydrogen-bond acceptors (Lipinski definition) is 3. The zero-order valence-corrected chi connectivity index (χ0v) is 8.90. The molecule has 0 atom stereocenters. The van der Waals surface area contributed by atoms with E-state index in [9.17, 15) is 8.78 Å². The molecule has 84 valence electrons. The molecule has 0 bridgehead atoms. The second-order valence-corrected chi connectivity index (χ2v) is 3.90. The molecule has 0 saturated carbocycles. The fourth-order valence-corrected chi connectivity index (χ4v) is 1.75. The van der Waals surface area contributed by atoms with Crippen molar-refractivity contribution in [1.82, 2.24) is 0 Å². The molecule has 0 spiro atoms. The highest BCUT2D eigenvalue weighted by Gasteiger charge is 2.03. The van der Waals surface area contributed by atoms with Gasteiger partial charge in [-0.2, -0.15) is 0 Å². The molecule has 0 aliphatic carbocycles. The monoisotopic (exact) mass is 234 g/mol. The van der Waals surface area contributed by atoms with Gasteiger partial charge in [-0.25, -0.2) is 8.78 Å². The van der Waals surface area contributed by atoms with Crippen molar-refractivity contribution in [2.24, 2.45) is 0 Å². The van der Waals surface area contributed by atoms with Gasteiger partial charge in [-0.3, -0.25) is 0 Å². The molecule has 1 aromatic rings.